The number of nitrogens with zero attached hydrogens (tertiary/aromatic N) is 3. The minimum Gasteiger partial charge on any atom is -0.497 e. The van der Waals surface area contributed by atoms with E-state index in [0.29, 0.717) is 19.8 Å². The average molecular weight is 380 g/mol. The number of nitrogens with one attached hydrogen (secondary N) is 1. The molecule has 0 radical (unpaired) electrons. The third-order valence-electron chi connectivity index (χ3n) is 4.76. The van der Waals surface area contributed by atoms with E-state index in [9.17, 15) is 0 Å². The van der Waals surface area contributed by atoms with Gasteiger partial charge in [0.2, 0.25) is 5.95 Å². The van der Waals surface area contributed by atoms with Crippen LogP contribution in [0.25, 0.3) is 10.9 Å². The summed E-state index contributed by atoms with van der Waals surface area (Å²) in [7, 11) is 3.30. The third-order valence-corrected chi connectivity index (χ3v) is 4.76. The molecule has 2 heterocycles. The summed E-state index contributed by atoms with van der Waals surface area (Å²) in [6, 6.07) is 13.9. The Kier molecular flexibility index (Phi) is 5.43. The topological polar surface area (TPSA) is 68.7 Å². The lowest BCUT2D eigenvalue weighted by Gasteiger charge is -2.27. The van der Waals surface area contributed by atoms with Gasteiger partial charge in [0.25, 0.3) is 0 Å². The van der Waals surface area contributed by atoms with Crippen LogP contribution in [0.3, 0.4) is 0 Å². The largest absolute Gasteiger partial charge is 0.497 e. The second kappa shape index (κ2) is 8.31. The maximum absolute atomic E-state index is 5.45. The quantitative estimate of drug-likeness (QED) is 0.705. The van der Waals surface area contributed by atoms with Crippen LogP contribution < -0.4 is 19.7 Å². The Labute approximate surface area is 164 Å². The number of ether oxygens (including phenoxy) is 3. The zero-order chi connectivity index (χ0) is 19.3. The molecule has 0 aliphatic carbocycles. The maximum Gasteiger partial charge on any atom is 0.228 e. The lowest BCUT2D eigenvalue weighted by molar-refractivity contribution is 0.122. The van der Waals surface area contributed by atoms with Crippen molar-refractivity contribution in [3.63, 3.8) is 0 Å². The molecule has 1 saturated heterocycles. The van der Waals surface area contributed by atoms with Gasteiger partial charge in [-0.25, -0.2) is 4.98 Å². The van der Waals surface area contributed by atoms with Gasteiger partial charge in [0.15, 0.2) is 0 Å². The molecule has 7 heteroatoms. The lowest BCUT2D eigenvalue weighted by Crippen LogP contribution is -2.37. The highest BCUT2D eigenvalue weighted by molar-refractivity contribution is 5.90. The van der Waals surface area contributed by atoms with Crippen LogP contribution >= 0.6 is 0 Å². The van der Waals surface area contributed by atoms with Crippen molar-refractivity contribution in [1.29, 1.82) is 0 Å². The van der Waals surface area contributed by atoms with Crippen LogP contribution in [0, 0.1) is 0 Å². The Hall–Kier alpha value is -3.06. The minimum atomic E-state index is 0.594. The van der Waals surface area contributed by atoms with Crippen LogP contribution in [0.1, 0.15) is 5.56 Å². The van der Waals surface area contributed by atoms with Crippen molar-refractivity contribution in [2.75, 3.05) is 50.7 Å². The summed E-state index contributed by atoms with van der Waals surface area (Å²) in [5.41, 5.74) is 1.97. The standard InChI is InChI=1S/C21H24N4O3/c1-26-16-11-15(12-17(13-16)27-2)14-22-20-18-5-3-4-6-19(18)23-21(24-20)25-7-9-28-10-8-25/h3-6,11-13H,7-10,14H2,1-2H3,(H,22,23,24). The van der Waals surface area contributed by atoms with E-state index < -0.39 is 0 Å². The first kappa shape index (κ1) is 18.3. The Balaban J connectivity index is 1.64. The molecular weight excluding hydrogens is 356 g/mol. The van der Waals surface area contributed by atoms with Gasteiger partial charge in [-0.05, 0) is 29.8 Å². The van der Waals surface area contributed by atoms with Gasteiger partial charge in [-0.1, -0.05) is 12.1 Å². The highest BCUT2D eigenvalue weighted by Crippen LogP contribution is 2.26. The molecule has 0 saturated carbocycles. The molecule has 28 heavy (non-hydrogen) atoms. The smallest absolute Gasteiger partial charge is 0.228 e. The summed E-state index contributed by atoms with van der Waals surface area (Å²) in [5, 5.41) is 4.46. The molecule has 7 nitrogen and oxygen atoms in total. The molecule has 2 aromatic carbocycles. The average Bonchev–Trinajstić information content (AvgIpc) is 2.77. The van der Waals surface area contributed by atoms with Gasteiger partial charge in [0.1, 0.15) is 17.3 Å². The second-order valence-electron chi connectivity index (χ2n) is 6.56. The molecule has 1 fully saturated rings. The number of rotatable bonds is 6. The van der Waals surface area contributed by atoms with Gasteiger partial charge < -0.3 is 24.4 Å². The molecule has 0 bridgehead atoms. The Bertz CT molecular complexity index is 935. The zero-order valence-corrected chi connectivity index (χ0v) is 16.1. The number of para-hydroxylation sites is 1. The molecule has 0 amide bonds. The van der Waals surface area contributed by atoms with Crippen molar-refractivity contribution in [2.24, 2.45) is 0 Å². The normalized spacial score (nSPS) is 14.1. The van der Waals surface area contributed by atoms with E-state index in [1.54, 1.807) is 14.2 Å². The minimum absolute atomic E-state index is 0.594. The predicted octanol–water partition coefficient (Wildman–Crippen LogP) is 3.10. The summed E-state index contributed by atoms with van der Waals surface area (Å²) >= 11 is 0. The van der Waals surface area contributed by atoms with E-state index in [-0.39, 0.29) is 0 Å². The van der Waals surface area contributed by atoms with E-state index in [4.69, 9.17) is 24.2 Å². The number of hydrogen-bond acceptors (Lipinski definition) is 7. The van der Waals surface area contributed by atoms with Crippen molar-refractivity contribution in [3.8, 4) is 11.5 Å². The number of hydrogen-bond donors (Lipinski definition) is 1. The Morgan fingerprint density at radius 2 is 1.71 bits per heavy atom. The van der Waals surface area contributed by atoms with Crippen molar-refractivity contribution < 1.29 is 14.2 Å². The van der Waals surface area contributed by atoms with E-state index >= 15 is 0 Å². The number of fused-ring (bicyclic) bond motifs is 1. The Morgan fingerprint density at radius 1 is 1.00 bits per heavy atom. The molecule has 1 N–H and O–H groups in total. The van der Waals surface area contributed by atoms with Crippen LogP contribution in [0.2, 0.25) is 0 Å². The van der Waals surface area contributed by atoms with Gasteiger partial charge >= 0.3 is 0 Å². The maximum atomic E-state index is 5.45. The monoisotopic (exact) mass is 380 g/mol. The van der Waals surface area contributed by atoms with Gasteiger partial charge in [-0.3, -0.25) is 0 Å². The first-order valence-electron chi connectivity index (χ1n) is 9.32. The van der Waals surface area contributed by atoms with Crippen LogP contribution in [0.15, 0.2) is 42.5 Å². The Morgan fingerprint density at radius 3 is 2.43 bits per heavy atom. The molecule has 0 atom stereocenters. The van der Waals surface area contributed by atoms with Crippen molar-refractivity contribution in [2.45, 2.75) is 6.54 Å². The molecule has 0 spiro atoms. The third kappa shape index (κ3) is 3.94. The number of anilines is 2. The SMILES string of the molecule is COc1cc(CNc2nc(N3CCOCC3)nc3ccccc23)cc(OC)c1. The fraction of sp³-hybridized carbons (Fsp3) is 0.333. The molecule has 3 aromatic rings. The van der Waals surface area contributed by atoms with Gasteiger partial charge in [-0.2, -0.15) is 4.98 Å². The predicted molar refractivity (Wildman–Crippen MR) is 109 cm³/mol. The summed E-state index contributed by atoms with van der Waals surface area (Å²) in [4.78, 5) is 11.7. The first-order valence-corrected chi connectivity index (χ1v) is 9.32. The molecule has 1 aromatic heterocycles. The van der Waals surface area contributed by atoms with E-state index in [2.05, 4.69) is 10.2 Å². The molecule has 0 unspecified atom stereocenters. The fourth-order valence-electron chi connectivity index (χ4n) is 3.26. The zero-order valence-electron chi connectivity index (χ0n) is 16.1. The van der Waals surface area contributed by atoms with Crippen LogP contribution in [-0.4, -0.2) is 50.5 Å². The summed E-state index contributed by atoms with van der Waals surface area (Å²) < 4.78 is 16.2. The summed E-state index contributed by atoms with van der Waals surface area (Å²) in [5.74, 6) is 3.07. The van der Waals surface area contributed by atoms with Crippen molar-refractivity contribution in [3.05, 3.63) is 48.0 Å². The van der Waals surface area contributed by atoms with E-state index in [1.165, 1.54) is 0 Å². The highest BCUT2D eigenvalue weighted by atomic mass is 16.5. The highest BCUT2D eigenvalue weighted by Gasteiger charge is 2.16. The first-order chi connectivity index (χ1) is 13.8. The van der Waals surface area contributed by atoms with E-state index in [0.717, 1.165) is 52.8 Å². The summed E-state index contributed by atoms with van der Waals surface area (Å²) in [6.45, 7) is 3.58. The van der Waals surface area contributed by atoms with Gasteiger partial charge in [-0.15, -0.1) is 0 Å². The van der Waals surface area contributed by atoms with Gasteiger partial charge in [0.05, 0.1) is 33.0 Å². The van der Waals surface area contributed by atoms with E-state index in [1.807, 2.05) is 42.5 Å². The molecule has 1 aliphatic heterocycles. The summed E-state index contributed by atoms with van der Waals surface area (Å²) in [6.07, 6.45) is 0. The number of aromatic nitrogens is 2. The van der Waals surface area contributed by atoms with Crippen LogP contribution in [0.5, 0.6) is 11.5 Å². The number of methoxy groups -OCH3 is 2. The van der Waals surface area contributed by atoms with Crippen LogP contribution in [0.4, 0.5) is 11.8 Å². The molecule has 1 aliphatic rings. The molecule has 146 valence electrons. The van der Waals surface area contributed by atoms with Crippen LogP contribution in [-0.2, 0) is 11.3 Å². The number of morpholine rings is 1. The molecular formula is C21H24N4O3. The van der Waals surface area contributed by atoms with Gasteiger partial charge in [0, 0.05) is 31.1 Å². The number of benzene rings is 2. The lowest BCUT2D eigenvalue weighted by atomic mass is 10.2. The second-order valence-corrected chi connectivity index (χ2v) is 6.56. The van der Waals surface area contributed by atoms with Crippen molar-refractivity contribution in [1.82, 2.24) is 9.97 Å². The fourth-order valence-corrected chi connectivity index (χ4v) is 3.26. The van der Waals surface area contributed by atoms with Crippen molar-refractivity contribution >= 4 is 22.7 Å². The molecule has 4 rings (SSSR count).